The molecule has 24 heavy (non-hydrogen) atoms. The zero-order chi connectivity index (χ0) is 16.9. The van der Waals surface area contributed by atoms with Gasteiger partial charge in [0, 0.05) is 29.8 Å². The Morgan fingerprint density at radius 2 is 2.00 bits per heavy atom. The quantitative estimate of drug-likeness (QED) is 0.773. The minimum Gasteiger partial charge on any atom is -0.481 e. The molecule has 0 bridgehead atoms. The van der Waals surface area contributed by atoms with Gasteiger partial charge in [-0.2, -0.15) is 0 Å². The first kappa shape index (κ1) is 16.1. The average Bonchev–Trinajstić information content (AvgIpc) is 3.11. The number of benzene rings is 1. The van der Waals surface area contributed by atoms with Gasteiger partial charge in [-0.05, 0) is 12.5 Å². The molecule has 122 valence electrons. The van der Waals surface area contributed by atoms with Crippen molar-refractivity contribution in [3.05, 3.63) is 64.8 Å². The lowest BCUT2D eigenvalue weighted by Gasteiger charge is -2.04. The third-order valence-corrected chi connectivity index (χ3v) is 4.39. The van der Waals surface area contributed by atoms with Gasteiger partial charge in [0.25, 0.3) is 5.91 Å². The van der Waals surface area contributed by atoms with E-state index in [-0.39, 0.29) is 5.91 Å². The Balaban J connectivity index is 1.64. The molecule has 0 atom stereocenters. The van der Waals surface area contributed by atoms with Crippen molar-refractivity contribution in [3.8, 4) is 16.5 Å². The number of thiazole rings is 1. The van der Waals surface area contributed by atoms with Crippen molar-refractivity contribution >= 4 is 17.2 Å². The molecule has 1 amide bonds. The van der Waals surface area contributed by atoms with Gasteiger partial charge in [0.15, 0.2) is 0 Å². The molecular formula is C18H17N3O2S. The highest BCUT2D eigenvalue weighted by atomic mass is 32.1. The van der Waals surface area contributed by atoms with E-state index in [1.165, 1.54) is 16.9 Å². The number of hydrogen-bond donors (Lipinski definition) is 1. The Kier molecular flexibility index (Phi) is 4.86. The molecule has 1 N–H and O–H groups in total. The van der Waals surface area contributed by atoms with Gasteiger partial charge in [0.05, 0.1) is 7.11 Å². The van der Waals surface area contributed by atoms with Crippen molar-refractivity contribution in [1.29, 1.82) is 0 Å². The number of hydrogen-bond acceptors (Lipinski definition) is 5. The molecule has 0 fully saturated rings. The first-order valence-electron chi connectivity index (χ1n) is 7.45. The van der Waals surface area contributed by atoms with Crippen LogP contribution >= 0.6 is 11.3 Å². The lowest BCUT2D eigenvalue weighted by Crippen LogP contribution is -2.23. The highest BCUT2D eigenvalue weighted by molar-refractivity contribution is 7.13. The van der Waals surface area contributed by atoms with Crippen LogP contribution in [-0.2, 0) is 6.54 Å². The largest absolute Gasteiger partial charge is 0.481 e. The van der Waals surface area contributed by atoms with Crippen molar-refractivity contribution in [2.24, 2.45) is 0 Å². The molecule has 0 radical (unpaired) electrons. The van der Waals surface area contributed by atoms with Gasteiger partial charge in [-0.25, -0.2) is 9.97 Å². The summed E-state index contributed by atoms with van der Waals surface area (Å²) in [7, 11) is 1.57. The topological polar surface area (TPSA) is 64.1 Å². The maximum absolute atomic E-state index is 12.2. The molecule has 2 heterocycles. The van der Waals surface area contributed by atoms with Crippen LogP contribution in [0.4, 0.5) is 0 Å². The number of aryl methyl sites for hydroxylation is 1. The number of amides is 1. The fourth-order valence-corrected chi connectivity index (χ4v) is 2.92. The fourth-order valence-electron chi connectivity index (χ4n) is 2.12. The summed E-state index contributed by atoms with van der Waals surface area (Å²) < 4.78 is 5.01. The summed E-state index contributed by atoms with van der Waals surface area (Å²) in [4.78, 5) is 20.8. The van der Waals surface area contributed by atoms with Crippen LogP contribution in [0.15, 0.2) is 48.0 Å². The van der Waals surface area contributed by atoms with Gasteiger partial charge >= 0.3 is 0 Å². The smallest absolute Gasteiger partial charge is 0.271 e. The van der Waals surface area contributed by atoms with Gasteiger partial charge in [0.1, 0.15) is 10.7 Å². The lowest BCUT2D eigenvalue weighted by molar-refractivity contribution is 0.0946. The number of carbonyl (C=O) groups is 1. The summed E-state index contributed by atoms with van der Waals surface area (Å²) in [5.41, 5.74) is 3.54. The molecular weight excluding hydrogens is 322 g/mol. The second-order valence-electron chi connectivity index (χ2n) is 5.30. The van der Waals surface area contributed by atoms with E-state index in [9.17, 15) is 4.79 Å². The van der Waals surface area contributed by atoms with Gasteiger partial charge in [-0.15, -0.1) is 11.3 Å². The first-order chi connectivity index (χ1) is 11.7. The Morgan fingerprint density at radius 1 is 1.21 bits per heavy atom. The molecule has 0 saturated heterocycles. The lowest BCUT2D eigenvalue weighted by atomic mass is 10.2. The normalized spacial score (nSPS) is 10.4. The van der Waals surface area contributed by atoms with Crippen molar-refractivity contribution < 1.29 is 9.53 Å². The van der Waals surface area contributed by atoms with Crippen LogP contribution in [0.5, 0.6) is 5.88 Å². The number of rotatable bonds is 5. The predicted octanol–water partition coefficient (Wildman–Crippen LogP) is 3.45. The number of nitrogens with one attached hydrogen (secondary N) is 1. The first-order valence-corrected chi connectivity index (χ1v) is 8.33. The SMILES string of the molecule is COc1ccc(CNC(=O)c2csc(-c3ccc(C)cc3)n2)cn1. The summed E-state index contributed by atoms with van der Waals surface area (Å²) in [5, 5.41) is 5.46. The van der Waals surface area contributed by atoms with Crippen LogP contribution in [0.25, 0.3) is 10.6 Å². The molecule has 1 aromatic carbocycles. The minimum absolute atomic E-state index is 0.194. The van der Waals surface area contributed by atoms with E-state index < -0.39 is 0 Å². The van der Waals surface area contributed by atoms with Gasteiger partial charge in [-0.1, -0.05) is 35.9 Å². The fraction of sp³-hybridized carbons (Fsp3) is 0.167. The second-order valence-corrected chi connectivity index (χ2v) is 6.15. The number of pyridine rings is 1. The molecule has 0 aliphatic carbocycles. The Hall–Kier alpha value is -2.73. The molecule has 5 nitrogen and oxygen atoms in total. The zero-order valence-corrected chi connectivity index (χ0v) is 14.3. The average molecular weight is 339 g/mol. The Morgan fingerprint density at radius 3 is 2.67 bits per heavy atom. The summed E-state index contributed by atoms with van der Waals surface area (Å²) in [6.45, 7) is 2.44. The van der Waals surface area contributed by atoms with E-state index >= 15 is 0 Å². The molecule has 0 saturated carbocycles. The monoisotopic (exact) mass is 339 g/mol. The molecule has 0 unspecified atom stereocenters. The van der Waals surface area contributed by atoms with Gasteiger partial charge in [-0.3, -0.25) is 4.79 Å². The second kappa shape index (κ2) is 7.23. The van der Waals surface area contributed by atoms with Crippen molar-refractivity contribution in [2.45, 2.75) is 13.5 Å². The predicted molar refractivity (Wildman–Crippen MR) is 94.2 cm³/mol. The molecule has 6 heteroatoms. The van der Waals surface area contributed by atoms with Gasteiger partial charge in [0.2, 0.25) is 5.88 Å². The Labute approximate surface area is 144 Å². The van der Waals surface area contributed by atoms with E-state index in [2.05, 4.69) is 15.3 Å². The molecule has 3 aromatic rings. The van der Waals surface area contributed by atoms with Gasteiger partial charge < -0.3 is 10.1 Å². The van der Waals surface area contributed by atoms with Crippen LogP contribution in [0.3, 0.4) is 0 Å². The standard InChI is InChI=1S/C18H17N3O2S/c1-12-3-6-14(7-4-12)18-21-15(11-24-18)17(22)20-10-13-5-8-16(23-2)19-9-13/h3-9,11H,10H2,1-2H3,(H,20,22). The molecule has 0 spiro atoms. The molecule has 0 aliphatic rings. The van der Waals surface area contributed by atoms with E-state index in [0.29, 0.717) is 18.1 Å². The van der Waals surface area contributed by atoms with E-state index in [4.69, 9.17) is 4.74 Å². The number of carbonyl (C=O) groups excluding carboxylic acids is 1. The van der Waals surface area contributed by atoms with Crippen LogP contribution in [0.1, 0.15) is 21.6 Å². The summed E-state index contributed by atoms with van der Waals surface area (Å²) >= 11 is 1.46. The van der Waals surface area contributed by atoms with Crippen molar-refractivity contribution in [2.75, 3.05) is 7.11 Å². The Bertz CT molecular complexity index is 826. The van der Waals surface area contributed by atoms with E-state index in [1.807, 2.05) is 37.3 Å². The maximum atomic E-state index is 12.2. The highest BCUT2D eigenvalue weighted by Crippen LogP contribution is 2.24. The third kappa shape index (κ3) is 3.78. The van der Waals surface area contributed by atoms with Crippen LogP contribution in [0.2, 0.25) is 0 Å². The maximum Gasteiger partial charge on any atom is 0.271 e. The number of nitrogens with zero attached hydrogens (tertiary/aromatic N) is 2. The van der Waals surface area contributed by atoms with Crippen molar-refractivity contribution in [1.82, 2.24) is 15.3 Å². The van der Waals surface area contributed by atoms with E-state index in [0.717, 1.165) is 16.1 Å². The van der Waals surface area contributed by atoms with Crippen LogP contribution in [0, 0.1) is 6.92 Å². The number of aromatic nitrogens is 2. The minimum atomic E-state index is -0.194. The summed E-state index contributed by atoms with van der Waals surface area (Å²) in [6, 6.07) is 11.7. The van der Waals surface area contributed by atoms with Crippen molar-refractivity contribution in [3.63, 3.8) is 0 Å². The number of methoxy groups -OCH3 is 1. The molecule has 0 aliphatic heterocycles. The molecule has 2 aromatic heterocycles. The number of ether oxygens (including phenoxy) is 1. The zero-order valence-electron chi connectivity index (χ0n) is 13.4. The van der Waals surface area contributed by atoms with Crippen LogP contribution < -0.4 is 10.1 Å². The van der Waals surface area contributed by atoms with E-state index in [1.54, 1.807) is 24.8 Å². The highest BCUT2D eigenvalue weighted by Gasteiger charge is 2.11. The van der Waals surface area contributed by atoms with Crippen LogP contribution in [-0.4, -0.2) is 23.0 Å². The summed E-state index contributed by atoms with van der Waals surface area (Å²) in [6.07, 6.45) is 1.68. The summed E-state index contributed by atoms with van der Waals surface area (Å²) in [5.74, 6) is 0.354. The third-order valence-electron chi connectivity index (χ3n) is 3.50. The molecule has 3 rings (SSSR count).